The number of carbonyl (C=O) groups excluding carboxylic acids is 1. The Hall–Kier alpha value is -2.85. The highest BCUT2D eigenvalue weighted by atomic mass is 32.1. The van der Waals surface area contributed by atoms with E-state index < -0.39 is 0 Å². The van der Waals surface area contributed by atoms with Crippen LogP contribution in [0.3, 0.4) is 0 Å². The number of carbonyl (C=O) groups is 1. The lowest BCUT2D eigenvalue weighted by atomic mass is 10.2. The Bertz CT molecular complexity index is 1080. The van der Waals surface area contributed by atoms with Crippen molar-refractivity contribution in [2.45, 2.75) is 38.2 Å². The molecule has 1 aromatic carbocycles. The van der Waals surface area contributed by atoms with Gasteiger partial charge in [0.2, 0.25) is 0 Å². The van der Waals surface area contributed by atoms with Crippen molar-refractivity contribution in [1.29, 1.82) is 0 Å². The van der Waals surface area contributed by atoms with Gasteiger partial charge in [0.15, 0.2) is 10.8 Å². The Morgan fingerprint density at radius 3 is 2.88 bits per heavy atom. The quantitative estimate of drug-likeness (QED) is 0.469. The lowest BCUT2D eigenvalue weighted by Crippen LogP contribution is -2.26. The molecule has 0 bridgehead atoms. The smallest absolute Gasteiger partial charge is 0.280 e. The average Bonchev–Trinajstić information content (AvgIpc) is 3.43. The molecule has 4 rings (SSSR count). The highest BCUT2D eigenvalue weighted by Gasteiger charge is 2.20. The first-order valence-corrected chi connectivity index (χ1v) is 11.6. The van der Waals surface area contributed by atoms with Crippen LogP contribution in [0.5, 0.6) is 5.75 Å². The van der Waals surface area contributed by atoms with Crippen molar-refractivity contribution in [2.75, 3.05) is 32.5 Å². The summed E-state index contributed by atoms with van der Waals surface area (Å²) in [7, 11) is 3.99. The number of benzene rings is 1. The van der Waals surface area contributed by atoms with Crippen molar-refractivity contribution in [3.63, 3.8) is 0 Å². The molecule has 32 heavy (non-hydrogen) atoms. The largest absolute Gasteiger partial charge is 0.488 e. The van der Waals surface area contributed by atoms with E-state index in [0.717, 1.165) is 38.6 Å². The maximum atomic E-state index is 13.9. The molecule has 1 amide bonds. The number of aromatic nitrogens is 3. The maximum Gasteiger partial charge on any atom is 0.280 e. The standard InChI is InChI=1S/C22H27FN6O2S/c1-29(2)11-5-10-24-20(30)22-28-18-19(25-13-26-21(18)32-22)27-16-9-8-14(23)12-17(16)31-15-6-3-4-7-15/h8-9,12-13,15H,3-7,10-11H2,1-2H3,(H,24,30)(H,25,26,27). The number of nitrogens with zero attached hydrogens (tertiary/aromatic N) is 4. The summed E-state index contributed by atoms with van der Waals surface area (Å²) in [4.78, 5) is 28.2. The van der Waals surface area contributed by atoms with Crippen LogP contribution in [0.25, 0.3) is 10.3 Å². The SMILES string of the molecule is CN(C)CCCNC(=O)c1nc2c(Nc3ccc(F)cc3OC3CCCC3)ncnc2s1. The Labute approximate surface area is 190 Å². The second-order valence-electron chi connectivity index (χ2n) is 8.10. The van der Waals surface area contributed by atoms with Crippen LogP contribution in [0.2, 0.25) is 0 Å². The highest BCUT2D eigenvalue weighted by molar-refractivity contribution is 7.19. The molecule has 2 heterocycles. The van der Waals surface area contributed by atoms with Crippen molar-refractivity contribution in [2.24, 2.45) is 0 Å². The first-order valence-electron chi connectivity index (χ1n) is 10.8. The summed E-state index contributed by atoms with van der Waals surface area (Å²) in [6.07, 6.45) is 6.53. The molecule has 170 valence electrons. The molecule has 0 radical (unpaired) electrons. The number of anilines is 2. The normalized spacial score (nSPS) is 14.2. The zero-order chi connectivity index (χ0) is 22.5. The Balaban J connectivity index is 1.52. The summed E-state index contributed by atoms with van der Waals surface area (Å²) in [5, 5.41) is 6.42. The summed E-state index contributed by atoms with van der Waals surface area (Å²) >= 11 is 1.21. The van der Waals surface area contributed by atoms with Crippen LogP contribution in [0, 0.1) is 5.82 Å². The van der Waals surface area contributed by atoms with Gasteiger partial charge in [0.1, 0.15) is 28.2 Å². The fourth-order valence-electron chi connectivity index (χ4n) is 3.63. The summed E-state index contributed by atoms with van der Waals surface area (Å²) in [5.74, 6) is 0.293. The van der Waals surface area contributed by atoms with E-state index in [9.17, 15) is 9.18 Å². The Morgan fingerprint density at radius 2 is 2.09 bits per heavy atom. The molecule has 1 saturated carbocycles. The van der Waals surface area contributed by atoms with Gasteiger partial charge in [0.05, 0.1) is 11.8 Å². The predicted molar refractivity (Wildman–Crippen MR) is 123 cm³/mol. The molecule has 10 heteroatoms. The number of hydrogen-bond acceptors (Lipinski definition) is 8. The molecule has 8 nitrogen and oxygen atoms in total. The number of amides is 1. The van der Waals surface area contributed by atoms with Gasteiger partial charge < -0.3 is 20.3 Å². The molecule has 0 aliphatic heterocycles. The van der Waals surface area contributed by atoms with E-state index in [-0.39, 0.29) is 17.8 Å². The van der Waals surface area contributed by atoms with Crippen LogP contribution in [-0.2, 0) is 0 Å². The number of thiazole rings is 1. The molecule has 0 saturated heterocycles. The van der Waals surface area contributed by atoms with Crippen molar-refractivity contribution in [3.8, 4) is 5.75 Å². The van der Waals surface area contributed by atoms with Crippen LogP contribution in [0.4, 0.5) is 15.9 Å². The van der Waals surface area contributed by atoms with Gasteiger partial charge in [-0.15, -0.1) is 0 Å². The Morgan fingerprint density at radius 1 is 1.28 bits per heavy atom. The molecule has 1 aliphatic rings. The van der Waals surface area contributed by atoms with Crippen molar-refractivity contribution >= 4 is 39.1 Å². The summed E-state index contributed by atoms with van der Waals surface area (Å²) < 4.78 is 19.9. The Kier molecular flexibility index (Phi) is 7.11. The number of nitrogens with one attached hydrogen (secondary N) is 2. The lowest BCUT2D eigenvalue weighted by molar-refractivity contribution is 0.0952. The molecule has 0 unspecified atom stereocenters. The van der Waals surface area contributed by atoms with Crippen LogP contribution in [0.15, 0.2) is 24.5 Å². The van der Waals surface area contributed by atoms with Gasteiger partial charge in [-0.3, -0.25) is 4.79 Å². The van der Waals surface area contributed by atoms with Crippen LogP contribution in [0.1, 0.15) is 41.9 Å². The molecule has 0 atom stereocenters. The molecule has 1 aliphatic carbocycles. The number of rotatable bonds is 9. The average molecular weight is 459 g/mol. The molecule has 0 spiro atoms. The van der Waals surface area contributed by atoms with E-state index in [1.165, 1.54) is 29.8 Å². The second kappa shape index (κ2) is 10.2. The zero-order valence-corrected chi connectivity index (χ0v) is 19.0. The molecular formula is C22H27FN6O2S. The fraction of sp³-hybridized carbons (Fsp3) is 0.455. The predicted octanol–water partition coefficient (Wildman–Crippen LogP) is 3.97. The fourth-order valence-corrected chi connectivity index (χ4v) is 4.45. The van der Waals surface area contributed by atoms with Gasteiger partial charge in [-0.2, -0.15) is 0 Å². The van der Waals surface area contributed by atoms with Crippen LogP contribution < -0.4 is 15.4 Å². The third-order valence-electron chi connectivity index (χ3n) is 5.25. The number of halogens is 1. The minimum Gasteiger partial charge on any atom is -0.488 e. The zero-order valence-electron chi connectivity index (χ0n) is 18.2. The van der Waals surface area contributed by atoms with E-state index in [1.807, 2.05) is 14.1 Å². The summed E-state index contributed by atoms with van der Waals surface area (Å²) in [6.45, 7) is 1.46. The van der Waals surface area contributed by atoms with Crippen molar-refractivity contribution in [3.05, 3.63) is 35.4 Å². The van der Waals surface area contributed by atoms with E-state index in [1.54, 1.807) is 6.07 Å². The van der Waals surface area contributed by atoms with E-state index >= 15 is 0 Å². The van der Waals surface area contributed by atoms with Gasteiger partial charge in [0.25, 0.3) is 5.91 Å². The minimum absolute atomic E-state index is 0.0878. The van der Waals surface area contributed by atoms with Gasteiger partial charge in [-0.25, -0.2) is 19.3 Å². The summed E-state index contributed by atoms with van der Waals surface area (Å²) in [5.41, 5.74) is 1.09. The van der Waals surface area contributed by atoms with Gasteiger partial charge in [-0.1, -0.05) is 11.3 Å². The van der Waals surface area contributed by atoms with E-state index in [0.29, 0.717) is 39.2 Å². The third-order valence-corrected chi connectivity index (χ3v) is 6.21. The highest BCUT2D eigenvalue weighted by Crippen LogP contribution is 2.34. The lowest BCUT2D eigenvalue weighted by Gasteiger charge is -2.17. The number of ether oxygens (including phenoxy) is 1. The first kappa shape index (κ1) is 22.3. The van der Waals surface area contributed by atoms with Crippen molar-refractivity contribution in [1.82, 2.24) is 25.2 Å². The molecular weight excluding hydrogens is 431 g/mol. The molecule has 1 fully saturated rings. The van der Waals surface area contributed by atoms with Crippen LogP contribution >= 0.6 is 11.3 Å². The molecule has 2 N–H and O–H groups in total. The van der Waals surface area contributed by atoms with Crippen LogP contribution in [-0.4, -0.2) is 59.0 Å². The van der Waals surface area contributed by atoms with Gasteiger partial charge in [0, 0.05) is 12.6 Å². The monoisotopic (exact) mass is 458 g/mol. The van der Waals surface area contributed by atoms with Gasteiger partial charge >= 0.3 is 0 Å². The molecule has 3 aromatic rings. The number of hydrogen-bond donors (Lipinski definition) is 2. The van der Waals surface area contributed by atoms with Crippen molar-refractivity contribution < 1.29 is 13.9 Å². The van der Waals surface area contributed by atoms with Gasteiger partial charge in [-0.05, 0) is 64.9 Å². The molecule has 2 aromatic heterocycles. The second-order valence-corrected chi connectivity index (χ2v) is 9.08. The minimum atomic E-state index is -0.363. The first-order chi connectivity index (χ1) is 15.5. The third kappa shape index (κ3) is 5.49. The maximum absolute atomic E-state index is 13.9. The van der Waals surface area contributed by atoms with E-state index in [4.69, 9.17) is 4.74 Å². The summed E-state index contributed by atoms with van der Waals surface area (Å²) in [6, 6.07) is 4.38. The number of fused-ring (bicyclic) bond motifs is 1. The van der Waals surface area contributed by atoms with E-state index in [2.05, 4.69) is 30.5 Å². The topological polar surface area (TPSA) is 92.3 Å².